The smallest absolute Gasteiger partial charge is 0.238 e. The minimum atomic E-state index is -0.0388. The zero-order valence-electron chi connectivity index (χ0n) is 13.9. The van der Waals surface area contributed by atoms with Crippen LogP contribution in [0.15, 0.2) is 42.6 Å². The number of hydrogen-bond acceptors (Lipinski definition) is 3. The Morgan fingerprint density at radius 1 is 0.696 bits per heavy atom. The summed E-state index contributed by atoms with van der Waals surface area (Å²) in [6, 6.07) is 12.4. The molecule has 0 unspecified atom stereocenters. The van der Waals surface area contributed by atoms with E-state index in [0.29, 0.717) is 5.69 Å². The Bertz CT molecular complexity index is 844. The maximum atomic E-state index is 10.2. The zero-order chi connectivity index (χ0) is 16.6. The minimum absolute atomic E-state index is 0.0388. The van der Waals surface area contributed by atoms with Gasteiger partial charge < -0.3 is 5.11 Å². The zero-order valence-corrected chi connectivity index (χ0v) is 13.9. The Balaban J connectivity index is 2.16. The van der Waals surface area contributed by atoms with Crippen LogP contribution in [0.25, 0.3) is 22.5 Å². The summed E-state index contributed by atoms with van der Waals surface area (Å²) in [6.45, 7) is 8.20. The first-order chi connectivity index (χ1) is 10.9. The van der Waals surface area contributed by atoms with Crippen molar-refractivity contribution in [2.45, 2.75) is 27.7 Å². The molecule has 0 saturated carbocycles. The molecule has 2 aromatic carbocycles. The molecule has 0 atom stereocenters. The Morgan fingerprint density at radius 2 is 1.17 bits per heavy atom. The van der Waals surface area contributed by atoms with Gasteiger partial charge in [-0.15, -0.1) is 0 Å². The van der Waals surface area contributed by atoms with Crippen LogP contribution >= 0.6 is 0 Å². The predicted octanol–water partition coefficient (Wildman–Crippen LogP) is 4.75. The highest BCUT2D eigenvalue weighted by atomic mass is 16.3. The summed E-state index contributed by atoms with van der Waals surface area (Å²) in [5, 5.41) is 10.2. The summed E-state index contributed by atoms with van der Waals surface area (Å²) in [6.07, 6.45) is 1.62. The number of aromatic nitrogens is 2. The Kier molecular flexibility index (Phi) is 3.87. The van der Waals surface area contributed by atoms with Crippen LogP contribution in [0.3, 0.4) is 0 Å². The third-order valence-electron chi connectivity index (χ3n) is 3.77. The molecular formula is C20H20N2O. The van der Waals surface area contributed by atoms with Crippen LogP contribution in [-0.2, 0) is 0 Å². The lowest BCUT2D eigenvalue weighted by Gasteiger charge is -2.09. The Labute approximate surface area is 136 Å². The molecule has 1 aromatic heterocycles. The molecule has 0 aliphatic heterocycles. The van der Waals surface area contributed by atoms with Gasteiger partial charge >= 0.3 is 0 Å². The van der Waals surface area contributed by atoms with Gasteiger partial charge in [-0.2, -0.15) is 0 Å². The molecule has 1 heterocycles. The molecule has 0 aliphatic rings. The highest BCUT2D eigenvalue weighted by Crippen LogP contribution is 2.30. The molecule has 23 heavy (non-hydrogen) atoms. The molecule has 0 aliphatic carbocycles. The SMILES string of the molecule is Cc1cc(C)cc(-c2cnc(O)c(-c3cc(C)cc(C)c3)n2)c1. The fraction of sp³-hybridized carbons (Fsp3) is 0.200. The second-order valence-electron chi connectivity index (χ2n) is 6.18. The average molecular weight is 304 g/mol. The highest BCUT2D eigenvalue weighted by Gasteiger charge is 2.11. The van der Waals surface area contributed by atoms with Gasteiger partial charge in [0.15, 0.2) is 0 Å². The summed E-state index contributed by atoms with van der Waals surface area (Å²) in [7, 11) is 0. The molecule has 0 amide bonds. The molecule has 3 heteroatoms. The van der Waals surface area contributed by atoms with Crippen LogP contribution in [0, 0.1) is 27.7 Å². The van der Waals surface area contributed by atoms with Crippen molar-refractivity contribution >= 4 is 0 Å². The third-order valence-corrected chi connectivity index (χ3v) is 3.77. The van der Waals surface area contributed by atoms with Crippen molar-refractivity contribution < 1.29 is 5.11 Å². The number of aryl methyl sites for hydroxylation is 4. The summed E-state index contributed by atoms with van der Waals surface area (Å²) >= 11 is 0. The van der Waals surface area contributed by atoms with Crippen molar-refractivity contribution in [2.75, 3.05) is 0 Å². The fourth-order valence-corrected chi connectivity index (χ4v) is 2.95. The van der Waals surface area contributed by atoms with E-state index < -0.39 is 0 Å². The minimum Gasteiger partial charge on any atom is -0.492 e. The van der Waals surface area contributed by atoms with Crippen molar-refractivity contribution in [1.29, 1.82) is 0 Å². The number of nitrogens with zero attached hydrogens (tertiary/aromatic N) is 2. The second-order valence-corrected chi connectivity index (χ2v) is 6.18. The van der Waals surface area contributed by atoms with Gasteiger partial charge in [-0.05, 0) is 52.0 Å². The normalized spacial score (nSPS) is 10.8. The first-order valence-electron chi connectivity index (χ1n) is 7.66. The van der Waals surface area contributed by atoms with Gasteiger partial charge in [0.25, 0.3) is 0 Å². The van der Waals surface area contributed by atoms with Crippen LogP contribution in [0.1, 0.15) is 22.3 Å². The topological polar surface area (TPSA) is 46.0 Å². The molecule has 1 N–H and O–H groups in total. The lowest BCUT2D eigenvalue weighted by molar-refractivity contribution is 0.453. The van der Waals surface area contributed by atoms with E-state index in [9.17, 15) is 5.11 Å². The Hall–Kier alpha value is -2.68. The van der Waals surface area contributed by atoms with E-state index in [2.05, 4.69) is 48.1 Å². The van der Waals surface area contributed by atoms with Gasteiger partial charge in [-0.3, -0.25) is 0 Å². The van der Waals surface area contributed by atoms with Crippen LogP contribution in [0.2, 0.25) is 0 Å². The lowest BCUT2D eigenvalue weighted by atomic mass is 10.0. The summed E-state index contributed by atoms with van der Waals surface area (Å²) in [5.74, 6) is -0.0388. The van der Waals surface area contributed by atoms with E-state index in [-0.39, 0.29) is 5.88 Å². The first-order valence-corrected chi connectivity index (χ1v) is 7.66. The standard InChI is InChI=1S/C20H20N2O/c1-12-5-13(2)8-16(7-12)18-11-21-20(23)19(22-18)17-9-14(3)6-15(4)10-17/h5-11H,1-4H3,(H,21,23). The number of rotatable bonds is 2. The number of hydrogen-bond donors (Lipinski definition) is 1. The van der Waals surface area contributed by atoms with Crippen molar-refractivity contribution in [1.82, 2.24) is 9.97 Å². The maximum Gasteiger partial charge on any atom is 0.238 e. The molecule has 0 spiro atoms. The molecule has 3 nitrogen and oxygen atoms in total. The van der Waals surface area contributed by atoms with Crippen molar-refractivity contribution in [3.63, 3.8) is 0 Å². The largest absolute Gasteiger partial charge is 0.492 e. The van der Waals surface area contributed by atoms with Gasteiger partial charge in [0, 0.05) is 11.1 Å². The van der Waals surface area contributed by atoms with Crippen LogP contribution in [-0.4, -0.2) is 15.1 Å². The van der Waals surface area contributed by atoms with Gasteiger partial charge in [0.2, 0.25) is 5.88 Å². The van der Waals surface area contributed by atoms with E-state index in [4.69, 9.17) is 0 Å². The van der Waals surface area contributed by atoms with E-state index in [1.807, 2.05) is 26.0 Å². The molecule has 0 radical (unpaired) electrons. The third kappa shape index (κ3) is 3.24. The van der Waals surface area contributed by atoms with Gasteiger partial charge in [-0.1, -0.05) is 34.4 Å². The fourth-order valence-electron chi connectivity index (χ4n) is 2.95. The van der Waals surface area contributed by atoms with Gasteiger partial charge in [-0.25, -0.2) is 9.97 Å². The summed E-state index contributed by atoms with van der Waals surface area (Å²) in [4.78, 5) is 8.81. The van der Waals surface area contributed by atoms with Crippen LogP contribution in [0.4, 0.5) is 0 Å². The highest BCUT2D eigenvalue weighted by molar-refractivity contribution is 5.70. The molecular weight excluding hydrogens is 284 g/mol. The molecule has 0 fully saturated rings. The van der Waals surface area contributed by atoms with E-state index >= 15 is 0 Å². The molecule has 116 valence electrons. The second kappa shape index (κ2) is 5.84. The molecule has 0 saturated heterocycles. The van der Waals surface area contributed by atoms with Gasteiger partial charge in [0.05, 0.1) is 11.9 Å². The van der Waals surface area contributed by atoms with E-state index in [1.54, 1.807) is 6.20 Å². The van der Waals surface area contributed by atoms with E-state index in [0.717, 1.165) is 27.9 Å². The van der Waals surface area contributed by atoms with Crippen LogP contribution < -0.4 is 0 Å². The average Bonchev–Trinajstić information content (AvgIpc) is 2.45. The summed E-state index contributed by atoms with van der Waals surface area (Å²) < 4.78 is 0. The quantitative estimate of drug-likeness (QED) is 0.743. The van der Waals surface area contributed by atoms with Crippen molar-refractivity contribution in [3.8, 4) is 28.4 Å². The first kappa shape index (κ1) is 15.2. The summed E-state index contributed by atoms with van der Waals surface area (Å²) in [5.41, 5.74) is 7.83. The number of aromatic hydroxyl groups is 1. The molecule has 0 bridgehead atoms. The lowest BCUT2D eigenvalue weighted by Crippen LogP contribution is -1.94. The van der Waals surface area contributed by atoms with Crippen molar-refractivity contribution in [2.24, 2.45) is 0 Å². The molecule has 3 rings (SSSR count). The van der Waals surface area contributed by atoms with Crippen molar-refractivity contribution in [3.05, 3.63) is 64.8 Å². The number of benzene rings is 2. The maximum absolute atomic E-state index is 10.2. The predicted molar refractivity (Wildman–Crippen MR) is 93.5 cm³/mol. The van der Waals surface area contributed by atoms with E-state index in [1.165, 1.54) is 11.1 Å². The Morgan fingerprint density at radius 3 is 1.70 bits per heavy atom. The van der Waals surface area contributed by atoms with Gasteiger partial charge in [0.1, 0.15) is 5.69 Å². The monoisotopic (exact) mass is 304 g/mol. The molecule has 3 aromatic rings. The van der Waals surface area contributed by atoms with Crippen LogP contribution in [0.5, 0.6) is 5.88 Å².